The number of hydrogen-bond acceptors (Lipinski definition) is 3. The largest absolute Gasteiger partial charge is 0.416 e. The minimum atomic E-state index is -4.31. The van der Waals surface area contributed by atoms with Crippen LogP contribution < -0.4 is 5.32 Å². The molecule has 1 heterocycles. The van der Waals surface area contributed by atoms with Gasteiger partial charge in [-0.15, -0.1) is 0 Å². The van der Waals surface area contributed by atoms with Crippen molar-refractivity contribution in [2.24, 2.45) is 5.92 Å². The lowest BCUT2D eigenvalue weighted by Gasteiger charge is -2.10. The predicted molar refractivity (Wildman–Crippen MR) is 70.4 cm³/mol. The number of benzene rings is 1. The van der Waals surface area contributed by atoms with Gasteiger partial charge in [0.25, 0.3) is 0 Å². The Bertz CT molecular complexity index is 601. The van der Waals surface area contributed by atoms with Crippen LogP contribution in [0.1, 0.15) is 25.3 Å². The van der Waals surface area contributed by atoms with Crippen LogP contribution in [-0.4, -0.2) is 11.0 Å². The fourth-order valence-electron chi connectivity index (χ4n) is 2.07. The molecular weight excluding hydrogens is 273 g/mol. The van der Waals surface area contributed by atoms with Crippen LogP contribution in [0, 0.1) is 5.92 Å². The second kappa shape index (κ2) is 4.37. The Labute approximate surface area is 112 Å². The van der Waals surface area contributed by atoms with E-state index in [2.05, 4.69) is 17.2 Å². The van der Waals surface area contributed by atoms with Crippen molar-refractivity contribution in [3.05, 3.63) is 23.8 Å². The lowest BCUT2D eigenvalue weighted by molar-refractivity contribution is -0.137. The molecule has 0 saturated heterocycles. The zero-order chi connectivity index (χ0) is 13.6. The number of rotatable bonds is 3. The van der Waals surface area contributed by atoms with Crippen molar-refractivity contribution in [2.45, 2.75) is 32.0 Å². The Balaban J connectivity index is 1.87. The zero-order valence-corrected chi connectivity index (χ0v) is 11.1. The summed E-state index contributed by atoms with van der Waals surface area (Å²) in [6.45, 7) is 2.09. The highest BCUT2D eigenvalue weighted by atomic mass is 32.1. The van der Waals surface area contributed by atoms with E-state index < -0.39 is 11.7 Å². The normalized spacial score (nSPS) is 17.7. The summed E-state index contributed by atoms with van der Waals surface area (Å²) in [5.41, 5.74) is -0.239. The van der Waals surface area contributed by atoms with Gasteiger partial charge in [-0.2, -0.15) is 13.2 Å². The van der Waals surface area contributed by atoms with Crippen molar-refractivity contribution in [3.63, 3.8) is 0 Å². The molecule has 0 spiro atoms. The molecule has 0 radical (unpaired) electrons. The van der Waals surface area contributed by atoms with Gasteiger partial charge in [-0.1, -0.05) is 11.3 Å². The van der Waals surface area contributed by atoms with Crippen LogP contribution in [-0.2, 0) is 6.18 Å². The molecule has 1 saturated carbocycles. The van der Waals surface area contributed by atoms with Crippen LogP contribution in [0.25, 0.3) is 10.2 Å². The first-order valence-electron chi connectivity index (χ1n) is 6.18. The SMILES string of the molecule is CC(Nc1nc2cc(C(F)(F)F)ccc2s1)C1CC1. The smallest absolute Gasteiger partial charge is 0.359 e. The van der Waals surface area contributed by atoms with Gasteiger partial charge in [0, 0.05) is 6.04 Å². The predicted octanol–water partition coefficient (Wildman–Crippen LogP) is 4.53. The molecule has 1 aromatic heterocycles. The number of thiazole rings is 1. The Hall–Kier alpha value is -1.30. The van der Waals surface area contributed by atoms with Crippen LogP contribution in [0.2, 0.25) is 0 Å². The summed E-state index contributed by atoms with van der Waals surface area (Å²) in [6, 6.07) is 4.04. The molecule has 1 unspecified atom stereocenters. The van der Waals surface area contributed by atoms with Crippen LogP contribution in [0.5, 0.6) is 0 Å². The summed E-state index contributed by atoms with van der Waals surface area (Å²) < 4.78 is 38.6. The summed E-state index contributed by atoms with van der Waals surface area (Å²) in [7, 11) is 0. The Morgan fingerprint density at radius 2 is 2.11 bits per heavy atom. The summed E-state index contributed by atoms with van der Waals surface area (Å²) in [6.07, 6.45) is -1.87. The van der Waals surface area contributed by atoms with Crippen molar-refractivity contribution in [1.29, 1.82) is 0 Å². The number of hydrogen-bond donors (Lipinski definition) is 1. The molecule has 2 aromatic rings. The molecule has 1 aromatic carbocycles. The van der Waals surface area contributed by atoms with Crippen LogP contribution in [0.3, 0.4) is 0 Å². The molecule has 19 heavy (non-hydrogen) atoms. The maximum atomic E-state index is 12.6. The van der Waals surface area contributed by atoms with E-state index in [0.717, 1.165) is 16.8 Å². The Morgan fingerprint density at radius 1 is 1.37 bits per heavy atom. The molecule has 1 fully saturated rings. The maximum Gasteiger partial charge on any atom is 0.416 e. The van der Waals surface area contributed by atoms with E-state index in [1.165, 1.54) is 30.2 Å². The molecule has 1 N–H and O–H groups in total. The third kappa shape index (κ3) is 2.68. The van der Waals surface area contributed by atoms with E-state index >= 15 is 0 Å². The quantitative estimate of drug-likeness (QED) is 0.897. The van der Waals surface area contributed by atoms with Crippen LogP contribution in [0.15, 0.2) is 18.2 Å². The summed E-state index contributed by atoms with van der Waals surface area (Å²) in [5.74, 6) is 0.678. The molecule has 2 nitrogen and oxygen atoms in total. The number of alkyl halides is 3. The standard InChI is InChI=1S/C13H13F3N2S/c1-7(8-2-3-8)17-12-18-10-6-9(13(14,15)16)4-5-11(10)19-12/h4-8H,2-3H2,1H3,(H,17,18). The lowest BCUT2D eigenvalue weighted by atomic mass is 10.2. The van der Waals surface area contributed by atoms with Crippen molar-refractivity contribution in [1.82, 2.24) is 4.98 Å². The number of nitrogens with one attached hydrogen (secondary N) is 1. The highest BCUT2D eigenvalue weighted by Crippen LogP contribution is 2.37. The topological polar surface area (TPSA) is 24.9 Å². The fraction of sp³-hybridized carbons (Fsp3) is 0.462. The molecule has 0 aliphatic heterocycles. The molecule has 0 bridgehead atoms. The van der Waals surface area contributed by atoms with E-state index in [9.17, 15) is 13.2 Å². The number of halogens is 3. The molecule has 3 rings (SSSR count). The molecular formula is C13H13F3N2S. The van der Waals surface area contributed by atoms with Gasteiger partial charge >= 0.3 is 6.18 Å². The molecule has 1 aliphatic rings. The van der Waals surface area contributed by atoms with Gasteiger partial charge in [0.15, 0.2) is 5.13 Å². The second-order valence-corrected chi connectivity index (χ2v) is 6.00. The third-order valence-corrected chi connectivity index (χ3v) is 4.36. The van der Waals surface area contributed by atoms with Crippen LogP contribution in [0.4, 0.5) is 18.3 Å². The van der Waals surface area contributed by atoms with Crippen molar-refractivity contribution < 1.29 is 13.2 Å². The first-order chi connectivity index (χ1) is 8.93. The number of aromatic nitrogens is 1. The van der Waals surface area contributed by atoms with E-state index in [-0.39, 0.29) is 0 Å². The minimum absolute atomic E-state index is 0.336. The molecule has 102 valence electrons. The van der Waals surface area contributed by atoms with Gasteiger partial charge in [0.2, 0.25) is 0 Å². The zero-order valence-electron chi connectivity index (χ0n) is 10.3. The van der Waals surface area contributed by atoms with E-state index in [4.69, 9.17) is 0 Å². The van der Waals surface area contributed by atoms with Gasteiger partial charge in [-0.25, -0.2) is 4.98 Å². The molecule has 0 amide bonds. The van der Waals surface area contributed by atoms with Gasteiger partial charge < -0.3 is 5.32 Å². The third-order valence-electron chi connectivity index (χ3n) is 3.40. The first kappa shape index (κ1) is 12.7. The van der Waals surface area contributed by atoms with Gasteiger partial charge in [0.05, 0.1) is 15.8 Å². The number of fused-ring (bicyclic) bond motifs is 1. The highest BCUT2D eigenvalue weighted by molar-refractivity contribution is 7.22. The lowest BCUT2D eigenvalue weighted by Crippen LogP contribution is -2.16. The second-order valence-electron chi connectivity index (χ2n) is 4.97. The Morgan fingerprint density at radius 3 is 2.74 bits per heavy atom. The van der Waals surface area contributed by atoms with Crippen LogP contribution >= 0.6 is 11.3 Å². The number of anilines is 1. The molecule has 1 aliphatic carbocycles. The highest BCUT2D eigenvalue weighted by Gasteiger charge is 2.31. The average molecular weight is 286 g/mol. The maximum absolute atomic E-state index is 12.6. The van der Waals surface area contributed by atoms with Gasteiger partial charge in [-0.3, -0.25) is 0 Å². The molecule has 1 atom stereocenters. The molecule has 6 heteroatoms. The van der Waals surface area contributed by atoms with Crippen molar-refractivity contribution in [3.8, 4) is 0 Å². The average Bonchev–Trinajstić information content (AvgIpc) is 3.08. The summed E-state index contributed by atoms with van der Waals surface area (Å²) >= 11 is 1.40. The summed E-state index contributed by atoms with van der Waals surface area (Å²) in [5, 5.41) is 3.98. The van der Waals surface area contributed by atoms with E-state index in [1.807, 2.05) is 0 Å². The van der Waals surface area contributed by atoms with Gasteiger partial charge in [-0.05, 0) is 43.9 Å². The number of nitrogens with zero attached hydrogens (tertiary/aromatic N) is 1. The Kier molecular flexibility index (Phi) is 2.92. The minimum Gasteiger partial charge on any atom is -0.359 e. The van der Waals surface area contributed by atoms with Crippen molar-refractivity contribution >= 4 is 26.7 Å². The van der Waals surface area contributed by atoms with Gasteiger partial charge in [0.1, 0.15) is 0 Å². The first-order valence-corrected chi connectivity index (χ1v) is 6.99. The van der Waals surface area contributed by atoms with E-state index in [1.54, 1.807) is 0 Å². The monoisotopic (exact) mass is 286 g/mol. The summed E-state index contributed by atoms with van der Waals surface area (Å²) in [4.78, 5) is 4.24. The van der Waals surface area contributed by atoms with Crippen molar-refractivity contribution in [2.75, 3.05) is 5.32 Å². The van der Waals surface area contributed by atoms with E-state index in [0.29, 0.717) is 22.6 Å². The fourth-order valence-corrected chi connectivity index (χ4v) is 3.02.